The highest BCUT2D eigenvalue weighted by Crippen LogP contribution is 2.44. The normalized spacial score (nSPS) is 32.3. The summed E-state index contributed by atoms with van der Waals surface area (Å²) in [5.74, 6) is 0. The molecular weight excluding hydrogens is 268 g/mol. The molecule has 20 heavy (non-hydrogen) atoms. The fourth-order valence-electron chi connectivity index (χ4n) is 3.75. The summed E-state index contributed by atoms with van der Waals surface area (Å²) in [6, 6.07) is 0.711. The van der Waals surface area contributed by atoms with Crippen LogP contribution in [-0.2, 0) is 23.1 Å². The molecule has 1 saturated heterocycles. The minimum absolute atomic E-state index is 0.0454. The molecule has 1 aromatic heterocycles. The van der Waals surface area contributed by atoms with Crippen LogP contribution in [0.5, 0.6) is 0 Å². The largest absolute Gasteiger partial charge is 0.375 e. The Kier molecular flexibility index (Phi) is 2.99. The first kappa shape index (κ1) is 13.2. The van der Waals surface area contributed by atoms with E-state index < -0.39 is 0 Å². The van der Waals surface area contributed by atoms with Gasteiger partial charge >= 0.3 is 0 Å². The Balaban J connectivity index is 1.69. The van der Waals surface area contributed by atoms with Gasteiger partial charge in [-0.2, -0.15) is 0 Å². The SMILES string of the molecule is CC1(C)CC(NC2CC2)(c2nc3c(s2)CCC3)CCO1. The number of nitrogens with zero attached hydrogens (tertiary/aromatic N) is 1. The number of thiazole rings is 1. The summed E-state index contributed by atoms with van der Waals surface area (Å²) < 4.78 is 5.96. The Hall–Kier alpha value is -0.450. The van der Waals surface area contributed by atoms with Crippen LogP contribution in [0.4, 0.5) is 0 Å². The molecule has 0 amide bonds. The molecule has 110 valence electrons. The number of hydrogen-bond acceptors (Lipinski definition) is 4. The molecule has 4 heteroatoms. The van der Waals surface area contributed by atoms with Gasteiger partial charge < -0.3 is 10.1 Å². The number of ether oxygens (including phenoxy) is 1. The highest BCUT2D eigenvalue weighted by Gasteiger charge is 2.47. The summed E-state index contributed by atoms with van der Waals surface area (Å²) in [6.07, 6.45) is 8.49. The first-order valence-corrected chi connectivity index (χ1v) is 8.79. The lowest BCUT2D eigenvalue weighted by atomic mass is 9.81. The summed E-state index contributed by atoms with van der Waals surface area (Å²) >= 11 is 1.97. The third-order valence-electron chi connectivity index (χ3n) is 4.81. The Labute approximate surface area is 125 Å². The zero-order chi connectivity index (χ0) is 13.8. The van der Waals surface area contributed by atoms with Crippen LogP contribution in [-0.4, -0.2) is 23.2 Å². The van der Waals surface area contributed by atoms with Crippen LogP contribution < -0.4 is 5.32 Å². The molecule has 4 rings (SSSR count). The molecule has 1 atom stereocenters. The molecular formula is C16H24N2OS. The Bertz CT molecular complexity index is 499. The van der Waals surface area contributed by atoms with E-state index in [2.05, 4.69) is 19.2 Å². The third-order valence-corrected chi connectivity index (χ3v) is 6.17. The Morgan fingerprint density at radius 1 is 1.30 bits per heavy atom. The first-order valence-electron chi connectivity index (χ1n) is 7.97. The van der Waals surface area contributed by atoms with Gasteiger partial charge in [-0.15, -0.1) is 11.3 Å². The predicted octanol–water partition coefficient (Wildman–Crippen LogP) is 3.17. The van der Waals surface area contributed by atoms with Gasteiger partial charge in [-0.25, -0.2) is 4.98 Å². The molecule has 0 aromatic carbocycles. The molecule has 1 aromatic rings. The van der Waals surface area contributed by atoms with Crippen molar-refractivity contribution in [3.63, 3.8) is 0 Å². The second-order valence-corrected chi connectivity index (χ2v) is 8.36. The number of aromatic nitrogens is 1. The average molecular weight is 292 g/mol. The Morgan fingerprint density at radius 3 is 2.85 bits per heavy atom. The maximum Gasteiger partial charge on any atom is 0.113 e. The van der Waals surface area contributed by atoms with Gasteiger partial charge in [0.1, 0.15) is 5.01 Å². The first-order chi connectivity index (χ1) is 9.56. The lowest BCUT2D eigenvalue weighted by molar-refractivity contribution is -0.0903. The van der Waals surface area contributed by atoms with Crippen molar-refractivity contribution < 1.29 is 4.74 Å². The Morgan fingerprint density at radius 2 is 2.15 bits per heavy atom. The highest BCUT2D eigenvalue weighted by atomic mass is 32.1. The second-order valence-electron chi connectivity index (χ2n) is 7.28. The van der Waals surface area contributed by atoms with Crippen molar-refractivity contribution in [2.45, 2.75) is 76.0 Å². The molecule has 0 bridgehead atoms. The smallest absolute Gasteiger partial charge is 0.113 e. The van der Waals surface area contributed by atoms with E-state index in [1.807, 2.05) is 11.3 Å². The minimum atomic E-state index is -0.0454. The summed E-state index contributed by atoms with van der Waals surface area (Å²) in [4.78, 5) is 6.58. The maximum atomic E-state index is 5.96. The van der Waals surface area contributed by atoms with E-state index >= 15 is 0 Å². The van der Waals surface area contributed by atoms with Gasteiger partial charge in [-0.1, -0.05) is 0 Å². The molecule has 2 aliphatic carbocycles. The summed E-state index contributed by atoms with van der Waals surface area (Å²) in [6.45, 7) is 5.28. The number of hydrogen-bond donors (Lipinski definition) is 1. The lowest BCUT2D eigenvalue weighted by Gasteiger charge is -2.44. The molecule has 1 unspecified atom stereocenters. The van der Waals surface area contributed by atoms with Crippen molar-refractivity contribution in [2.75, 3.05) is 6.61 Å². The van der Waals surface area contributed by atoms with Gasteiger partial charge in [0.15, 0.2) is 0 Å². The van der Waals surface area contributed by atoms with Gasteiger partial charge in [0, 0.05) is 23.9 Å². The standard InChI is InChI=1S/C16H24N2OS/c1-15(2)10-16(8-9-19-15,18-11-6-7-11)14-17-12-4-3-5-13(12)20-14/h11,18H,3-10H2,1-2H3. The summed E-state index contributed by atoms with van der Waals surface area (Å²) in [5, 5.41) is 5.27. The van der Waals surface area contributed by atoms with E-state index in [4.69, 9.17) is 9.72 Å². The maximum absolute atomic E-state index is 5.96. The van der Waals surface area contributed by atoms with Crippen molar-refractivity contribution in [2.24, 2.45) is 0 Å². The molecule has 1 N–H and O–H groups in total. The van der Waals surface area contributed by atoms with Crippen LogP contribution in [0.2, 0.25) is 0 Å². The van der Waals surface area contributed by atoms with Gasteiger partial charge in [-0.05, 0) is 52.4 Å². The van der Waals surface area contributed by atoms with E-state index in [9.17, 15) is 0 Å². The van der Waals surface area contributed by atoms with Crippen molar-refractivity contribution >= 4 is 11.3 Å². The van der Waals surface area contributed by atoms with Gasteiger partial charge in [0.05, 0.1) is 16.8 Å². The molecule has 2 fully saturated rings. The molecule has 3 nitrogen and oxygen atoms in total. The minimum Gasteiger partial charge on any atom is -0.375 e. The van der Waals surface area contributed by atoms with Crippen LogP contribution >= 0.6 is 11.3 Å². The van der Waals surface area contributed by atoms with E-state index in [1.165, 1.54) is 42.8 Å². The van der Waals surface area contributed by atoms with E-state index in [0.717, 1.165) is 19.4 Å². The molecule has 1 saturated carbocycles. The van der Waals surface area contributed by atoms with Crippen LogP contribution in [0, 0.1) is 0 Å². The molecule has 0 spiro atoms. The van der Waals surface area contributed by atoms with E-state index in [1.54, 1.807) is 4.88 Å². The monoisotopic (exact) mass is 292 g/mol. The fraction of sp³-hybridized carbons (Fsp3) is 0.812. The van der Waals surface area contributed by atoms with Crippen LogP contribution in [0.25, 0.3) is 0 Å². The summed E-state index contributed by atoms with van der Waals surface area (Å²) in [5.41, 5.74) is 1.40. The molecule has 0 radical (unpaired) electrons. The quantitative estimate of drug-likeness (QED) is 0.929. The molecule has 3 aliphatic rings. The van der Waals surface area contributed by atoms with Crippen molar-refractivity contribution in [1.29, 1.82) is 0 Å². The number of fused-ring (bicyclic) bond motifs is 1. The van der Waals surface area contributed by atoms with Crippen LogP contribution in [0.1, 0.15) is 61.5 Å². The molecule has 2 heterocycles. The fourth-order valence-corrected chi connectivity index (χ4v) is 5.08. The van der Waals surface area contributed by atoms with Gasteiger partial charge in [0.2, 0.25) is 0 Å². The zero-order valence-electron chi connectivity index (χ0n) is 12.5. The zero-order valence-corrected chi connectivity index (χ0v) is 13.3. The molecule has 1 aliphatic heterocycles. The van der Waals surface area contributed by atoms with Crippen molar-refractivity contribution in [3.8, 4) is 0 Å². The van der Waals surface area contributed by atoms with E-state index in [-0.39, 0.29) is 11.1 Å². The van der Waals surface area contributed by atoms with Gasteiger partial charge in [0.25, 0.3) is 0 Å². The number of rotatable bonds is 3. The lowest BCUT2D eigenvalue weighted by Crippen LogP contribution is -2.53. The topological polar surface area (TPSA) is 34.2 Å². The second kappa shape index (κ2) is 4.52. The van der Waals surface area contributed by atoms with Crippen LogP contribution in [0.3, 0.4) is 0 Å². The number of nitrogens with one attached hydrogen (secondary N) is 1. The highest BCUT2D eigenvalue weighted by molar-refractivity contribution is 7.12. The van der Waals surface area contributed by atoms with E-state index in [0.29, 0.717) is 6.04 Å². The average Bonchev–Trinajstić information content (AvgIpc) is 2.90. The van der Waals surface area contributed by atoms with Crippen molar-refractivity contribution in [1.82, 2.24) is 10.3 Å². The van der Waals surface area contributed by atoms with Crippen molar-refractivity contribution in [3.05, 3.63) is 15.6 Å². The van der Waals surface area contributed by atoms with Gasteiger partial charge in [-0.3, -0.25) is 0 Å². The number of aryl methyl sites for hydroxylation is 2. The van der Waals surface area contributed by atoms with Crippen LogP contribution in [0.15, 0.2) is 0 Å². The third kappa shape index (κ3) is 2.32. The predicted molar refractivity (Wildman–Crippen MR) is 81.2 cm³/mol. The summed E-state index contributed by atoms with van der Waals surface area (Å²) in [7, 11) is 0.